The van der Waals surface area contributed by atoms with E-state index in [9.17, 15) is 10.1 Å². The highest BCUT2D eigenvalue weighted by Gasteiger charge is 2.32. The number of H-pyrrole nitrogens is 1. The summed E-state index contributed by atoms with van der Waals surface area (Å²) in [4.78, 5) is 28.5. The van der Waals surface area contributed by atoms with Crippen molar-refractivity contribution in [2.45, 2.75) is 39.8 Å². The molecular formula is C22H25ClN6O. The third-order valence-electron chi connectivity index (χ3n) is 5.67. The van der Waals surface area contributed by atoms with E-state index in [0.717, 1.165) is 22.3 Å². The van der Waals surface area contributed by atoms with Crippen LogP contribution in [0.3, 0.4) is 0 Å². The highest BCUT2D eigenvalue weighted by Crippen LogP contribution is 2.34. The van der Waals surface area contributed by atoms with E-state index < -0.39 is 0 Å². The molecule has 0 aliphatic carbocycles. The van der Waals surface area contributed by atoms with Gasteiger partial charge in [0.25, 0.3) is 0 Å². The molecule has 0 saturated carbocycles. The maximum absolute atomic E-state index is 12.0. The number of nitrogens with zero attached hydrogens (tertiary/aromatic N) is 5. The van der Waals surface area contributed by atoms with Crippen LogP contribution in [0.15, 0.2) is 24.5 Å². The van der Waals surface area contributed by atoms with Crippen molar-refractivity contribution in [1.29, 1.82) is 5.26 Å². The van der Waals surface area contributed by atoms with Gasteiger partial charge in [0, 0.05) is 56.9 Å². The van der Waals surface area contributed by atoms with Crippen LogP contribution in [-0.2, 0) is 4.79 Å². The van der Waals surface area contributed by atoms with Crippen molar-refractivity contribution >= 4 is 34.4 Å². The molecule has 4 rings (SSSR count). The fraction of sp³-hybridized carbons (Fsp3) is 0.364. The van der Waals surface area contributed by atoms with Crippen molar-refractivity contribution < 1.29 is 6.22 Å². The molecular weight excluding hydrogens is 400 g/mol. The summed E-state index contributed by atoms with van der Waals surface area (Å²) in [6.07, 6.45) is 3.40. The summed E-state index contributed by atoms with van der Waals surface area (Å²) < 4.78 is 0. The third-order valence-corrected chi connectivity index (χ3v) is 5.88. The predicted molar refractivity (Wildman–Crippen MR) is 120 cm³/mol. The van der Waals surface area contributed by atoms with Crippen LogP contribution in [-0.4, -0.2) is 50.9 Å². The normalized spacial score (nSPS) is 19.2. The molecule has 1 N–H and O–H groups in total. The Kier molecular flexibility index (Phi) is 5.12. The molecule has 1 saturated heterocycles. The summed E-state index contributed by atoms with van der Waals surface area (Å²) in [7, 11) is 0. The molecule has 0 aromatic carbocycles. The molecule has 7 nitrogen and oxygen atoms in total. The predicted octanol–water partition coefficient (Wildman–Crippen LogP) is 4.15. The average molecular weight is 425 g/mol. The van der Waals surface area contributed by atoms with Gasteiger partial charge in [-0.05, 0) is 38.5 Å². The fourth-order valence-electron chi connectivity index (χ4n) is 4.46. The minimum Gasteiger partial charge on any atom is -0.352 e. The molecule has 8 heteroatoms. The number of piperazine rings is 1. The van der Waals surface area contributed by atoms with E-state index in [1.54, 1.807) is 13.1 Å². The molecule has 30 heavy (non-hydrogen) atoms. The lowest BCUT2D eigenvalue weighted by Gasteiger charge is -2.44. The first-order valence-electron chi connectivity index (χ1n) is 9.88. The molecule has 2 atom stereocenters. The van der Waals surface area contributed by atoms with E-state index in [1.165, 1.54) is 0 Å². The summed E-state index contributed by atoms with van der Waals surface area (Å²) in [6.45, 7) is 9.00. The van der Waals surface area contributed by atoms with Gasteiger partial charge in [0.05, 0.1) is 16.3 Å². The standard InChI is InChI=1S/C22H23ClN6O.H2/c1-12-5-20(28-10-13(2)29(15(4)30)14(3)11-28)27-21(18(12)7-24)19-9-26-22-17(19)6-16(23)8-25-22;/h5-6,8-9,13-14H,10-11H2,1-4H3,(H,25,26);1H/t13-,14+;. The Hall–Kier alpha value is -3.11. The number of rotatable bonds is 2. The SMILES string of the molecule is CC(=O)N1[C@H](C)CN(c2cc(C)c(C#N)c(-c3c[nH]c4ncc(Cl)cc34)n2)C[C@@H]1C.[HH]. The number of aryl methyl sites for hydroxylation is 1. The highest BCUT2D eigenvalue weighted by atomic mass is 35.5. The lowest BCUT2D eigenvalue weighted by Crippen LogP contribution is -2.58. The average Bonchev–Trinajstić information content (AvgIpc) is 3.09. The molecule has 1 aliphatic heterocycles. The first-order valence-corrected chi connectivity index (χ1v) is 10.3. The van der Waals surface area contributed by atoms with E-state index >= 15 is 0 Å². The van der Waals surface area contributed by atoms with Crippen LogP contribution in [0.4, 0.5) is 5.82 Å². The van der Waals surface area contributed by atoms with Gasteiger partial charge in [0.1, 0.15) is 17.5 Å². The van der Waals surface area contributed by atoms with Gasteiger partial charge in [-0.3, -0.25) is 4.79 Å². The monoisotopic (exact) mass is 424 g/mol. The van der Waals surface area contributed by atoms with Crippen LogP contribution in [0.25, 0.3) is 22.3 Å². The number of aromatic nitrogens is 3. The van der Waals surface area contributed by atoms with Crippen molar-refractivity contribution in [3.8, 4) is 17.3 Å². The number of nitriles is 1. The summed E-state index contributed by atoms with van der Waals surface area (Å²) in [5.41, 5.74) is 3.49. The van der Waals surface area contributed by atoms with Gasteiger partial charge in [-0.15, -0.1) is 0 Å². The minimum absolute atomic E-state index is 0. The number of aromatic amines is 1. The number of halogens is 1. The minimum atomic E-state index is 0. The quantitative estimate of drug-likeness (QED) is 0.667. The molecule has 156 valence electrons. The van der Waals surface area contributed by atoms with Gasteiger partial charge in [-0.2, -0.15) is 5.26 Å². The van der Waals surface area contributed by atoms with Gasteiger partial charge < -0.3 is 14.8 Å². The second-order valence-electron chi connectivity index (χ2n) is 7.91. The number of pyridine rings is 2. The molecule has 1 fully saturated rings. The van der Waals surface area contributed by atoms with E-state index in [2.05, 4.69) is 34.8 Å². The smallest absolute Gasteiger partial charge is 0.220 e. The van der Waals surface area contributed by atoms with Crippen LogP contribution >= 0.6 is 11.6 Å². The van der Waals surface area contributed by atoms with E-state index in [0.29, 0.717) is 35.0 Å². The van der Waals surface area contributed by atoms with Gasteiger partial charge in [-0.1, -0.05) is 11.6 Å². The molecule has 0 unspecified atom stereocenters. The van der Waals surface area contributed by atoms with Crippen molar-refractivity contribution in [2.24, 2.45) is 0 Å². The van der Waals surface area contributed by atoms with Crippen molar-refractivity contribution in [1.82, 2.24) is 19.9 Å². The van der Waals surface area contributed by atoms with Gasteiger partial charge in [0.15, 0.2) is 0 Å². The summed E-state index contributed by atoms with van der Waals surface area (Å²) >= 11 is 6.16. The summed E-state index contributed by atoms with van der Waals surface area (Å²) in [6, 6.07) is 6.22. The van der Waals surface area contributed by atoms with Crippen molar-refractivity contribution in [3.63, 3.8) is 0 Å². The van der Waals surface area contributed by atoms with E-state index in [-0.39, 0.29) is 19.4 Å². The lowest BCUT2D eigenvalue weighted by molar-refractivity contribution is -0.133. The van der Waals surface area contributed by atoms with Gasteiger partial charge in [0.2, 0.25) is 5.91 Å². The number of hydrogen-bond acceptors (Lipinski definition) is 5. The largest absolute Gasteiger partial charge is 0.352 e. The zero-order valence-electron chi connectivity index (χ0n) is 17.4. The van der Waals surface area contributed by atoms with Gasteiger partial charge in [-0.25, -0.2) is 9.97 Å². The highest BCUT2D eigenvalue weighted by molar-refractivity contribution is 6.31. The number of carbonyl (C=O) groups excluding carboxylic acids is 1. The molecule has 4 heterocycles. The Balaban J connectivity index is 0.00000272. The molecule has 3 aromatic heterocycles. The first kappa shape index (κ1) is 20.2. The zero-order valence-corrected chi connectivity index (χ0v) is 18.2. The van der Waals surface area contributed by atoms with Gasteiger partial charge >= 0.3 is 0 Å². The van der Waals surface area contributed by atoms with E-state index in [4.69, 9.17) is 16.6 Å². The van der Waals surface area contributed by atoms with E-state index in [1.807, 2.05) is 30.2 Å². The topological polar surface area (TPSA) is 88.9 Å². The van der Waals surface area contributed by atoms with Crippen LogP contribution in [0.5, 0.6) is 0 Å². The molecule has 0 spiro atoms. The first-order chi connectivity index (χ1) is 14.3. The molecule has 0 bridgehead atoms. The van der Waals surface area contributed by atoms with Crippen LogP contribution in [0.2, 0.25) is 5.02 Å². The second kappa shape index (κ2) is 7.62. The number of amides is 1. The Morgan fingerprint density at radius 1 is 1.33 bits per heavy atom. The number of fused-ring (bicyclic) bond motifs is 1. The number of hydrogen-bond donors (Lipinski definition) is 1. The number of nitrogens with one attached hydrogen (secondary N) is 1. The maximum Gasteiger partial charge on any atom is 0.220 e. The third kappa shape index (κ3) is 3.37. The van der Waals surface area contributed by atoms with Crippen molar-refractivity contribution in [2.75, 3.05) is 18.0 Å². The Morgan fingerprint density at radius 2 is 2.03 bits per heavy atom. The Morgan fingerprint density at radius 3 is 2.67 bits per heavy atom. The molecule has 0 radical (unpaired) electrons. The number of anilines is 1. The Bertz CT molecular complexity index is 1170. The molecule has 3 aromatic rings. The second-order valence-corrected chi connectivity index (χ2v) is 8.35. The van der Waals surface area contributed by atoms with Crippen LogP contribution in [0, 0.1) is 18.3 Å². The molecule has 1 aliphatic rings. The Labute approximate surface area is 181 Å². The summed E-state index contributed by atoms with van der Waals surface area (Å²) in [5, 5.41) is 11.2. The summed E-state index contributed by atoms with van der Waals surface area (Å²) in [5.74, 6) is 0.884. The number of carbonyl (C=O) groups is 1. The maximum atomic E-state index is 12.0. The van der Waals surface area contributed by atoms with Crippen LogP contribution in [0.1, 0.15) is 33.3 Å². The fourth-order valence-corrected chi connectivity index (χ4v) is 4.62. The zero-order chi connectivity index (χ0) is 21.6. The van der Waals surface area contributed by atoms with Crippen LogP contribution < -0.4 is 4.90 Å². The lowest BCUT2D eigenvalue weighted by atomic mass is 10.0. The molecule has 1 amide bonds. The van der Waals surface area contributed by atoms with Crippen molar-refractivity contribution in [3.05, 3.63) is 40.7 Å².